The maximum Gasteiger partial charge on any atom is 0.264 e. The Hall–Kier alpha value is -3.56. The van der Waals surface area contributed by atoms with Crippen molar-refractivity contribution in [1.82, 2.24) is 10.2 Å². The second-order valence-electron chi connectivity index (χ2n) is 9.91. The maximum atomic E-state index is 14.1. The quantitative estimate of drug-likeness (QED) is 0.277. The highest BCUT2D eigenvalue weighted by molar-refractivity contribution is 7.92. The van der Waals surface area contributed by atoms with Gasteiger partial charge in [0.2, 0.25) is 11.8 Å². The molecular formula is C31H38ClN3O5S. The summed E-state index contributed by atoms with van der Waals surface area (Å²) in [6.07, 6.45) is 1.07. The van der Waals surface area contributed by atoms with Gasteiger partial charge in [0.1, 0.15) is 18.3 Å². The number of benzene rings is 3. The van der Waals surface area contributed by atoms with Gasteiger partial charge in [0, 0.05) is 17.6 Å². The number of hydrogen-bond acceptors (Lipinski definition) is 5. The van der Waals surface area contributed by atoms with Crippen LogP contribution in [-0.2, 0) is 26.2 Å². The van der Waals surface area contributed by atoms with Crippen LogP contribution in [0.15, 0.2) is 77.7 Å². The summed E-state index contributed by atoms with van der Waals surface area (Å²) in [6, 6.07) is 19.0. The van der Waals surface area contributed by atoms with Gasteiger partial charge in [-0.3, -0.25) is 13.9 Å². The fourth-order valence-electron chi connectivity index (χ4n) is 4.26. The Kier molecular flexibility index (Phi) is 11.2. The van der Waals surface area contributed by atoms with E-state index in [1.165, 1.54) is 17.0 Å². The van der Waals surface area contributed by atoms with Crippen molar-refractivity contribution in [3.05, 3.63) is 88.9 Å². The van der Waals surface area contributed by atoms with Gasteiger partial charge < -0.3 is 15.0 Å². The highest BCUT2D eigenvalue weighted by atomic mass is 35.5. The molecule has 0 unspecified atom stereocenters. The minimum absolute atomic E-state index is 0.0501. The van der Waals surface area contributed by atoms with Gasteiger partial charge in [-0.05, 0) is 80.8 Å². The number of sulfonamides is 1. The lowest BCUT2D eigenvalue weighted by Gasteiger charge is -2.33. The van der Waals surface area contributed by atoms with Crippen molar-refractivity contribution in [2.45, 2.75) is 64.1 Å². The zero-order valence-electron chi connectivity index (χ0n) is 24.1. The second-order valence-corrected chi connectivity index (χ2v) is 12.2. The average Bonchev–Trinajstić information content (AvgIpc) is 2.96. The fourth-order valence-corrected chi connectivity index (χ4v) is 5.80. The zero-order chi connectivity index (χ0) is 30.2. The summed E-state index contributed by atoms with van der Waals surface area (Å²) in [6.45, 7) is 7.15. The number of aryl methyl sites for hydroxylation is 1. The van der Waals surface area contributed by atoms with Crippen molar-refractivity contribution < 1.29 is 22.7 Å². The average molecular weight is 600 g/mol. The van der Waals surface area contributed by atoms with Crippen LogP contribution in [0.4, 0.5) is 5.69 Å². The van der Waals surface area contributed by atoms with E-state index in [4.69, 9.17) is 16.3 Å². The molecule has 0 saturated carbocycles. The number of amides is 2. The van der Waals surface area contributed by atoms with E-state index < -0.39 is 28.5 Å². The van der Waals surface area contributed by atoms with Crippen molar-refractivity contribution in [1.29, 1.82) is 0 Å². The molecule has 0 radical (unpaired) electrons. The maximum absolute atomic E-state index is 14.1. The summed E-state index contributed by atoms with van der Waals surface area (Å²) < 4.78 is 34.1. The molecule has 1 N–H and O–H groups in total. The SMILES string of the molecule is CC[C@@H](C)NC(=O)[C@H](CC)N(Cc1ccc(OC)cc1)C(=O)CN(c1ccc(Cl)cc1)S(=O)(=O)c1ccc(C)cc1. The molecule has 0 saturated heterocycles. The third-order valence-corrected chi connectivity index (χ3v) is 8.94. The van der Waals surface area contributed by atoms with Crippen LogP contribution in [0.1, 0.15) is 44.7 Å². The van der Waals surface area contributed by atoms with E-state index in [0.717, 1.165) is 21.9 Å². The first-order chi connectivity index (χ1) is 19.5. The molecule has 0 heterocycles. The smallest absolute Gasteiger partial charge is 0.264 e. The molecule has 0 aromatic heterocycles. The summed E-state index contributed by atoms with van der Waals surface area (Å²) in [4.78, 5) is 29.0. The van der Waals surface area contributed by atoms with Crippen LogP contribution >= 0.6 is 11.6 Å². The van der Waals surface area contributed by atoms with Crippen LogP contribution < -0.4 is 14.4 Å². The molecule has 2 amide bonds. The van der Waals surface area contributed by atoms with Gasteiger partial charge in [0.25, 0.3) is 10.0 Å². The number of rotatable bonds is 13. The van der Waals surface area contributed by atoms with E-state index in [-0.39, 0.29) is 29.1 Å². The van der Waals surface area contributed by atoms with Crippen LogP contribution in [0.25, 0.3) is 0 Å². The highest BCUT2D eigenvalue weighted by Gasteiger charge is 2.34. The number of hydrogen-bond donors (Lipinski definition) is 1. The lowest BCUT2D eigenvalue weighted by molar-refractivity contribution is -0.140. The van der Waals surface area contributed by atoms with Gasteiger partial charge in [-0.1, -0.05) is 55.3 Å². The number of nitrogens with zero attached hydrogens (tertiary/aromatic N) is 2. The first-order valence-corrected chi connectivity index (χ1v) is 15.4. The molecule has 220 valence electrons. The Morgan fingerprint density at radius 3 is 2.07 bits per heavy atom. The van der Waals surface area contributed by atoms with Gasteiger partial charge in [0.15, 0.2) is 0 Å². The molecule has 3 aromatic rings. The number of nitrogens with one attached hydrogen (secondary N) is 1. The third kappa shape index (κ3) is 8.24. The van der Waals surface area contributed by atoms with E-state index in [1.54, 1.807) is 55.6 Å². The Morgan fingerprint density at radius 1 is 0.927 bits per heavy atom. The predicted octanol–water partition coefficient (Wildman–Crippen LogP) is 5.57. The van der Waals surface area contributed by atoms with E-state index in [2.05, 4.69) is 5.32 Å². The largest absolute Gasteiger partial charge is 0.497 e. The standard InChI is InChI=1S/C31H38ClN3O5S/c1-6-23(4)33-31(37)29(7-2)34(20-24-10-16-27(40-5)17-11-24)30(36)21-35(26-14-12-25(32)13-15-26)41(38,39)28-18-8-22(3)9-19-28/h8-19,23,29H,6-7,20-21H2,1-5H3,(H,33,37)/t23-,29+/m1/s1. The van der Waals surface area contributed by atoms with Crippen molar-refractivity contribution >= 4 is 39.1 Å². The van der Waals surface area contributed by atoms with Crippen LogP contribution in [0.3, 0.4) is 0 Å². The van der Waals surface area contributed by atoms with Gasteiger partial charge in [-0.15, -0.1) is 0 Å². The molecule has 0 fully saturated rings. The Morgan fingerprint density at radius 2 is 1.54 bits per heavy atom. The van der Waals surface area contributed by atoms with E-state index in [1.807, 2.05) is 39.8 Å². The molecule has 2 atom stereocenters. The molecule has 0 spiro atoms. The molecule has 8 nitrogen and oxygen atoms in total. The lowest BCUT2D eigenvalue weighted by atomic mass is 10.1. The monoisotopic (exact) mass is 599 g/mol. The molecule has 10 heteroatoms. The molecule has 0 aliphatic rings. The van der Waals surface area contributed by atoms with Crippen LogP contribution in [-0.4, -0.2) is 50.9 Å². The van der Waals surface area contributed by atoms with Gasteiger partial charge in [-0.25, -0.2) is 8.42 Å². The van der Waals surface area contributed by atoms with E-state index in [9.17, 15) is 18.0 Å². The van der Waals surface area contributed by atoms with Gasteiger partial charge in [-0.2, -0.15) is 0 Å². The normalized spacial score (nSPS) is 12.7. The lowest BCUT2D eigenvalue weighted by Crippen LogP contribution is -2.53. The Bertz CT molecular complexity index is 1410. The number of ether oxygens (including phenoxy) is 1. The fraction of sp³-hybridized carbons (Fsp3) is 0.355. The van der Waals surface area contributed by atoms with Gasteiger partial charge >= 0.3 is 0 Å². The first-order valence-electron chi connectivity index (χ1n) is 13.6. The van der Waals surface area contributed by atoms with Gasteiger partial charge in [0.05, 0.1) is 17.7 Å². The molecule has 0 bridgehead atoms. The van der Waals surface area contributed by atoms with Crippen LogP contribution in [0.2, 0.25) is 5.02 Å². The second kappa shape index (κ2) is 14.4. The van der Waals surface area contributed by atoms with Crippen molar-refractivity contribution in [2.75, 3.05) is 18.0 Å². The summed E-state index contributed by atoms with van der Waals surface area (Å²) >= 11 is 6.09. The summed E-state index contributed by atoms with van der Waals surface area (Å²) in [7, 11) is -2.58. The topological polar surface area (TPSA) is 96.0 Å². The van der Waals surface area contributed by atoms with Crippen molar-refractivity contribution in [2.24, 2.45) is 0 Å². The Labute approximate surface area is 248 Å². The molecule has 0 aliphatic heterocycles. The predicted molar refractivity (Wildman–Crippen MR) is 163 cm³/mol. The molecule has 0 aliphatic carbocycles. The first kappa shape index (κ1) is 32.0. The summed E-state index contributed by atoms with van der Waals surface area (Å²) in [5.41, 5.74) is 1.96. The zero-order valence-corrected chi connectivity index (χ0v) is 25.7. The number of halogens is 1. The molecule has 41 heavy (non-hydrogen) atoms. The number of methoxy groups -OCH3 is 1. The van der Waals surface area contributed by atoms with Crippen LogP contribution in [0, 0.1) is 6.92 Å². The minimum Gasteiger partial charge on any atom is -0.497 e. The molecule has 3 aromatic carbocycles. The third-order valence-electron chi connectivity index (χ3n) is 6.90. The number of carbonyl (C=O) groups excluding carboxylic acids is 2. The van der Waals surface area contributed by atoms with Crippen molar-refractivity contribution in [3.63, 3.8) is 0 Å². The summed E-state index contributed by atoms with van der Waals surface area (Å²) in [5.74, 6) is -0.146. The van der Waals surface area contributed by atoms with E-state index >= 15 is 0 Å². The summed E-state index contributed by atoms with van der Waals surface area (Å²) in [5, 5.41) is 3.41. The van der Waals surface area contributed by atoms with E-state index in [0.29, 0.717) is 17.2 Å². The Balaban J connectivity index is 2.05. The minimum atomic E-state index is -4.14. The highest BCUT2D eigenvalue weighted by Crippen LogP contribution is 2.26. The van der Waals surface area contributed by atoms with Crippen LogP contribution in [0.5, 0.6) is 5.75 Å². The number of carbonyl (C=O) groups is 2. The van der Waals surface area contributed by atoms with Crippen molar-refractivity contribution in [3.8, 4) is 5.75 Å². The molecular weight excluding hydrogens is 562 g/mol. The molecule has 3 rings (SSSR count). The number of anilines is 1.